The summed E-state index contributed by atoms with van der Waals surface area (Å²) in [6.45, 7) is 13.0. The van der Waals surface area contributed by atoms with Gasteiger partial charge in [-0.05, 0) is 53.0 Å². The Morgan fingerprint density at radius 3 is 2.33 bits per heavy atom. The molecule has 0 saturated carbocycles. The zero-order valence-electron chi connectivity index (χ0n) is 12.0. The first-order valence-electron chi connectivity index (χ1n) is 6.87. The predicted octanol–water partition coefficient (Wildman–Crippen LogP) is 5.55. The standard InChI is InChI=1S/C18H23/c1-6-13(4)16-10-8-15(12(2)3)11-18-14(5)7-9-17(16)18/h7-13H,1,6H2,2-5H3. The quantitative estimate of drug-likeness (QED) is 0.658. The Morgan fingerprint density at radius 1 is 1.00 bits per heavy atom. The van der Waals surface area contributed by atoms with E-state index in [4.69, 9.17) is 0 Å². The van der Waals surface area contributed by atoms with E-state index in [1.54, 1.807) is 0 Å². The normalized spacial score (nSPS) is 13.2. The van der Waals surface area contributed by atoms with Crippen LogP contribution >= 0.6 is 0 Å². The molecule has 0 spiro atoms. The van der Waals surface area contributed by atoms with E-state index in [1.165, 1.54) is 27.8 Å². The largest absolute Gasteiger partial charge is 0.0587 e. The van der Waals surface area contributed by atoms with Gasteiger partial charge in [0.05, 0.1) is 0 Å². The Bertz CT molecular complexity index is 508. The molecule has 0 bridgehead atoms. The smallest absolute Gasteiger partial charge is 0.0146 e. The van der Waals surface area contributed by atoms with E-state index >= 15 is 0 Å². The van der Waals surface area contributed by atoms with Crippen LogP contribution in [0.3, 0.4) is 0 Å². The Hall–Kier alpha value is -1.30. The lowest BCUT2D eigenvalue weighted by atomic mass is 9.93. The van der Waals surface area contributed by atoms with Gasteiger partial charge in [-0.25, -0.2) is 0 Å². The van der Waals surface area contributed by atoms with Crippen molar-refractivity contribution in [1.29, 1.82) is 0 Å². The zero-order valence-corrected chi connectivity index (χ0v) is 12.0. The summed E-state index contributed by atoms with van der Waals surface area (Å²) in [5, 5.41) is 0. The third kappa shape index (κ3) is 2.29. The van der Waals surface area contributed by atoms with E-state index in [1.807, 2.05) is 0 Å². The molecule has 0 aromatic heterocycles. The van der Waals surface area contributed by atoms with Crippen LogP contribution in [0, 0.1) is 13.8 Å². The van der Waals surface area contributed by atoms with Gasteiger partial charge in [0.25, 0.3) is 0 Å². The van der Waals surface area contributed by atoms with Crippen molar-refractivity contribution in [2.75, 3.05) is 0 Å². The lowest BCUT2D eigenvalue weighted by Gasteiger charge is -2.11. The summed E-state index contributed by atoms with van der Waals surface area (Å²) in [5.41, 5.74) is 7.02. The van der Waals surface area contributed by atoms with Crippen LogP contribution in [-0.2, 0) is 0 Å². The van der Waals surface area contributed by atoms with E-state index in [-0.39, 0.29) is 0 Å². The first-order chi connectivity index (χ1) is 8.54. The van der Waals surface area contributed by atoms with Gasteiger partial charge < -0.3 is 0 Å². The highest BCUT2D eigenvalue weighted by molar-refractivity contribution is 5.74. The maximum Gasteiger partial charge on any atom is -0.0146 e. The SMILES string of the molecule is [CH2]CC(C)c1ccc(C(C)C)cc2c(C)ccc1-2. The highest BCUT2D eigenvalue weighted by atomic mass is 14.2. The lowest BCUT2D eigenvalue weighted by molar-refractivity contribution is 0.781. The average Bonchev–Trinajstić information content (AvgIpc) is 2.60. The van der Waals surface area contributed by atoms with Gasteiger partial charge in [0.15, 0.2) is 0 Å². The van der Waals surface area contributed by atoms with E-state index in [9.17, 15) is 0 Å². The minimum absolute atomic E-state index is 0.515. The van der Waals surface area contributed by atoms with E-state index < -0.39 is 0 Å². The molecule has 1 atom stereocenters. The molecule has 0 heteroatoms. The molecule has 1 radical (unpaired) electrons. The molecule has 0 N–H and O–H groups in total. The molecule has 0 saturated heterocycles. The van der Waals surface area contributed by atoms with Crippen molar-refractivity contribution in [1.82, 2.24) is 0 Å². The maximum absolute atomic E-state index is 4.05. The second-order valence-corrected chi connectivity index (χ2v) is 5.62. The summed E-state index contributed by atoms with van der Waals surface area (Å²) >= 11 is 0. The highest BCUT2D eigenvalue weighted by Gasteiger charge is 2.15. The molecule has 0 amide bonds. The molecule has 1 unspecified atom stereocenters. The van der Waals surface area contributed by atoms with Crippen LogP contribution in [0.25, 0.3) is 11.1 Å². The molecule has 0 aliphatic heterocycles. The number of hydrogen-bond donors (Lipinski definition) is 0. The topological polar surface area (TPSA) is 0 Å². The van der Waals surface area contributed by atoms with E-state index in [0.29, 0.717) is 11.8 Å². The van der Waals surface area contributed by atoms with Gasteiger partial charge in [-0.1, -0.05) is 58.0 Å². The van der Waals surface area contributed by atoms with E-state index in [0.717, 1.165) is 6.42 Å². The monoisotopic (exact) mass is 239 g/mol. The van der Waals surface area contributed by atoms with Gasteiger partial charge in [-0.3, -0.25) is 0 Å². The number of rotatable bonds is 3. The number of hydrogen-bond acceptors (Lipinski definition) is 0. The molecule has 0 aromatic rings. The third-order valence-corrected chi connectivity index (χ3v) is 3.92. The zero-order chi connectivity index (χ0) is 13.3. The van der Waals surface area contributed by atoms with Crippen molar-refractivity contribution in [3.05, 3.63) is 53.9 Å². The highest BCUT2D eigenvalue weighted by Crippen LogP contribution is 2.36. The molecular weight excluding hydrogens is 216 g/mol. The summed E-state index contributed by atoms with van der Waals surface area (Å²) in [4.78, 5) is 0. The molecule has 18 heavy (non-hydrogen) atoms. The van der Waals surface area contributed by atoms with Crippen LogP contribution in [0.2, 0.25) is 0 Å². The summed E-state index contributed by atoms with van der Waals surface area (Å²) in [6, 6.07) is 11.4. The molecular formula is C18H23. The van der Waals surface area contributed by atoms with Gasteiger partial charge in [0.1, 0.15) is 0 Å². The third-order valence-electron chi connectivity index (χ3n) is 3.92. The van der Waals surface area contributed by atoms with Crippen LogP contribution in [0.1, 0.15) is 55.7 Å². The molecule has 2 aliphatic carbocycles. The van der Waals surface area contributed by atoms with Crippen molar-refractivity contribution in [2.24, 2.45) is 0 Å². The van der Waals surface area contributed by atoms with Crippen LogP contribution in [0.4, 0.5) is 0 Å². The van der Waals surface area contributed by atoms with Crippen molar-refractivity contribution < 1.29 is 0 Å². The molecule has 95 valence electrons. The molecule has 0 nitrogen and oxygen atoms in total. The Morgan fingerprint density at radius 2 is 1.72 bits per heavy atom. The Balaban J connectivity index is 2.67. The summed E-state index contributed by atoms with van der Waals surface area (Å²) in [7, 11) is 0. The van der Waals surface area contributed by atoms with Crippen molar-refractivity contribution in [2.45, 2.75) is 46.0 Å². The molecule has 0 aromatic carbocycles. The number of fused-ring (bicyclic) bond motifs is 1. The molecule has 2 aliphatic rings. The average molecular weight is 239 g/mol. The van der Waals surface area contributed by atoms with Crippen molar-refractivity contribution in [3.63, 3.8) is 0 Å². The maximum atomic E-state index is 4.05. The Labute approximate surface area is 111 Å². The van der Waals surface area contributed by atoms with Crippen molar-refractivity contribution >= 4 is 0 Å². The van der Waals surface area contributed by atoms with Crippen LogP contribution in [-0.4, -0.2) is 0 Å². The Kier molecular flexibility index (Phi) is 3.75. The second kappa shape index (κ2) is 5.14. The fourth-order valence-electron chi connectivity index (χ4n) is 2.48. The minimum Gasteiger partial charge on any atom is -0.0587 e. The summed E-state index contributed by atoms with van der Waals surface area (Å²) in [5.74, 6) is 1.08. The first kappa shape index (κ1) is 13.1. The van der Waals surface area contributed by atoms with Crippen LogP contribution in [0.15, 0.2) is 30.3 Å². The predicted molar refractivity (Wildman–Crippen MR) is 80.3 cm³/mol. The summed E-state index contributed by atoms with van der Waals surface area (Å²) in [6.07, 6.45) is 0.945. The molecule has 2 rings (SSSR count). The lowest BCUT2D eigenvalue weighted by Crippen LogP contribution is -1.91. The van der Waals surface area contributed by atoms with Gasteiger partial charge >= 0.3 is 0 Å². The van der Waals surface area contributed by atoms with Gasteiger partial charge in [0.2, 0.25) is 0 Å². The van der Waals surface area contributed by atoms with Crippen LogP contribution in [0.5, 0.6) is 0 Å². The van der Waals surface area contributed by atoms with Gasteiger partial charge in [-0.15, -0.1) is 0 Å². The first-order valence-corrected chi connectivity index (χ1v) is 6.87. The second-order valence-electron chi connectivity index (χ2n) is 5.62. The molecule has 0 fully saturated rings. The van der Waals surface area contributed by atoms with Crippen LogP contribution < -0.4 is 0 Å². The molecule has 0 heterocycles. The van der Waals surface area contributed by atoms with Gasteiger partial charge in [-0.2, -0.15) is 0 Å². The van der Waals surface area contributed by atoms with Crippen molar-refractivity contribution in [3.8, 4) is 11.1 Å². The van der Waals surface area contributed by atoms with E-state index in [2.05, 4.69) is 65.0 Å². The minimum atomic E-state index is 0.515. The van der Waals surface area contributed by atoms with Gasteiger partial charge in [0, 0.05) is 0 Å². The number of aryl methyl sites for hydroxylation is 1. The fourth-order valence-corrected chi connectivity index (χ4v) is 2.48. The fraction of sp³-hybridized carbons (Fsp3) is 0.389. The summed E-state index contributed by atoms with van der Waals surface area (Å²) < 4.78 is 0.